The zero-order valence-electron chi connectivity index (χ0n) is 21.5. The van der Waals surface area contributed by atoms with Crippen molar-refractivity contribution < 1.29 is 40.6 Å². The van der Waals surface area contributed by atoms with Gasteiger partial charge in [0, 0.05) is 19.2 Å². The molecule has 11 heteroatoms. The molecule has 3 aromatic rings. The van der Waals surface area contributed by atoms with E-state index < -0.39 is 30.1 Å². The Kier molecular flexibility index (Phi) is 8.09. The Balaban J connectivity index is 2.19. The van der Waals surface area contributed by atoms with E-state index in [1.165, 1.54) is 31.0 Å². The van der Waals surface area contributed by atoms with Crippen LogP contribution in [0.5, 0.6) is 11.6 Å². The summed E-state index contributed by atoms with van der Waals surface area (Å²) in [4.78, 5) is 14.3. The van der Waals surface area contributed by atoms with Gasteiger partial charge in [0.15, 0.2) is 0 Å². The third-order valence-electron chi connectivity index (χ3n) is 5.49. The summed E-state index contributed by atoms with van der Waals surface area (Å²) in [6.07, 6.45) is -10.6. The van der Waals surface area contributed by atoms with Crippen LogP contribution in [0.2, 0.25) is 0 Å². The quantitative estimate of drug-likeness (QED) is 0.298. The van der Waals surface area contributed by atoms with Crippen molar-refractivity contribution in [1.82, 2.24) is 9.47 Å². The van der Waals surface area contributed by atoms with Gasteiger partial charge in [-0.2, -0.15) is 13.2 Å². The van der Waals surface area contributed by atoms with Crippen LogP contribution in [0, 0.1) is 12.3 Å². The second-order valence-corrected chi connectivity index (χ2v) is 10.1. The van der Waals surface area contributed by atoms with Crippen LogP contribution in [0.4, 0.5) is 31.1 Å². The van der Waals surface area contributed by atoms with E-state index in [1.807, 2.05) is 20.8 Å². The average molecular weight is 543 g/mol. The number of ether oxygens (including phenoxy) is 2. The number of hydrogen-bond acceptors (Lipinski definition) is 3. The molecule has 1 aromatic heterocycles. The van der Waals surface area contributed by atoms with Crippen LogP contribution >= 0.6 is 0 Å². The molecule has 0 atom stereocenters. The van der Waals surface area contributed by atoms with Gasteiger partial charge in [-0.3, -0.25) is 0 Å². The van der Waals surface area contributed by atoms with Crippen LogP contribution in [-0.2, 0) is 12.7 Å². The number of alkyl halides is 6. The van der Waals surface area contributed by atoms with Gasteiger partial charge in [0.25, 0.3) is 0 Å². The smallest absolute Gasteiger partial charge is 0.406 e. The van der Waals surface area contributed by atoms with Gasteiger partial charge in [0.2, 0.25) is 5.88 Å². The molecule has 5 nitrogen and oxygen atoms in total. The maximum atomic E-state index is 14.4. The van der Waals surface area contributed by atoms with E-state index in [0.717, 1.165) is 16.7 Å². The first kappa shape index (κ1) is 28.9. The molecule has 2 aromatic carbocycles. The second-order valence-electron chi connectivity index (χ2n) is 10.1. The van der Waals surface area contributed by atoms with Crippen molar-refractivity contribution in [3.8, 4) is 22.8 Å². The highest BCUT2D eigenvalue weighted by atomic mass is 19.4. The van der Waals surface area contributed by atoms with E-state index in [-0.39, 0.29) is 41.1 Å². The third kappa shape index (κ3) is 7.23. The zero-order chi connectivity index (χ0) is 28.5. The van der Waals surface area contributed by atoms with E-state index in [2.05, 4.69) is 4.74 Å². The molecule has 0 N–H and O–H groups in total. The van der Waals surface area contributed by atoms with Crippen LogP contribution in [0.25, 0.3) is 11.1 Å². The normalized spacial score (nSPS) is 12.4. The van der Waals surface area contributed by atoms with Crippen molar-refractivity contribution in [2.75, 3.05) is 13.6 Å². The Morgan fingerprint density at radius 2 is 1.50 bits per heavy atom. The number of nitrogens with zero attached hydrogens (tertiary/aromatic N) is 2. The van der Waals surface area contributed by atoms with Crippen molar-refractivity contribution in [2.24, 2.45) is 5.41 Å². The van der Waals surface area contributed by atoms with Gasteiger partial charge in [0.1, 0.15) is 11.4 Å². The molecule has 0 unspecified atom stereocenters. The Bertz CT molecular complexity index is 1260. The third-order valence-corrected chi connectivity index (χ3v) is 5.49. The van der Waals surface area contributed by atoms with Gasteiger partial charge >= 0.3 is 18.6 Å². The van der Waals surface area contributed by atoms with Crippen LogP contribution in [0.3, 0.4) is 0 Å². The Morgan fingerprint density at radius 3 is 2.00 bits per heavy atom. The van der Waals surface area contributed by atoms with Crippen molar-refractivity contribution in [3.05, 3.63) is 71.4 Å². The molecule has 0 radical (unpaired) electrons. The summed E-state index contributed by atoms with van der Waals surface area (Å²) >= 11 is 0. The van der Waals surface area contributed by atoms with Crippen molar-refractivity contribution in [3.63, 3.8) is 0 Å². The van der Waals surface area contributed by atoms with Gasteiger partial charge in [-0.25, -0.2) is 4.79 Å². The lowest BCUT2D eigenvalue weighted by Gasteiger charge is -2.26. The number of hydrogen-bond donors (Lipinski definition) is 0. The Labute approximate surface area is 216 Å². The number of amides is 1. The van der Waals surface area contributed by atoms with Crippen molar-refractivity contribution in [1.29, 1.82) is 0 Å². The van der Waals surface area contributed by atoms with Crippen LogP contribution in [-0.4, -0.2) is 35.5 Å². The molecular weight excluding hydrogens is 514 g/mol. The van der Waals surface area contributed by atoms with Gasteiger partial charge in [-0.1, -0.05) is 63.2 Å². The lowest BCUT2D eigenvalue weighted by Crippen LogP contribution is -2.36. The molecule has 0 saturated heterocycles. The summed E-state index contributed by atoms with van der Waals surface area (Å²) in [5.74, 6) is -0.906. The average Bonchev–Trinajstić information content (AvgIpc) is 3.03. The molecule has 0 fully saturated rings. The topological polar surface area (TPSA) is 43.7 Å². The fraction of sp³-hybridized carbons (Fsp3) is 0.370. The number of rotatable bonds is 6. The standard InChI is InChI=1S/C27H28F6N2O3/c1-17-21(19-11-13-20(14-12-19)38-27(31,32)33)23(37-24(36)34(5)16-25(2,3)4)35(22(17)26(28,29)30)15-18-9-7-6-8-10-18/h6-14H,15-16H2,1-5H3. The van der Waals surface area contributed by atoms with Crippen LogP contribution in [0.1, 0.15) is 37.6 Å². The molecule has 0 aliphatic heterocycles. The maximum Gasteiger partial charge on any atom is 0.573 e. The molecule has 38 heavy (non-hydrogen) atoms. The summed E-state index contributed by atoms with van der Waals surface area (Å²) < 4.78 is 91.3. The summed E-state index contributed by atoms with van der Waals surface area (Å²) in [6.45, 7) is 6.88. The van der Waals surface area contributed by atoms with Gasteiger partial charge in [-0.05, 0) is 41.2 Å². The summed E-state index contributed by atoms with van der Waals surface area (Å²) in [5, 5.41) is 0. The minimum Gasteiger partial charge on any atom is -0.406 e. The maximum absolute atomic E-state index is 14.4. The van der Waals surface area contributed by atoms with Gasteiger partial charge in [0.05, 0.1) is 6.54 Å². The summed E-state index contributed by atoms with van der Waals surface area (Å²) in [7, 11) is 1.47. The predicted octanol–water partition coefficient (Wildman–Crippen LogP) is 7.91. The molecule has 1 heterocycles. The molecule has 1 amide bonds. The lowest BCUT2D eigenvalue weighted by molar-refractivity contribution is -0.274. The lowest BCUT2D eigenvalue weighted by atomic mass is 9.96. The number of benzene rings is 2. The first-order valence-corrected chi connectivity index (χ1v) is 11.6. The molecular formula is C27H28F6N2O3. The Hall–Kier alpha value is -3.63. The number of carbonyl (C=O) groups is 1. The zero-order valence-corrected chi connectivity index (χ0v) is 21.5. The number of carbonyl (C=O) groups excluding carboxylic acids is 1. The monoisotopic (exact) mass is 542 g/mol. The number of halogens is 6. The summed E-state index contributed by atoms with van der Waals surface area (Å²) in [5.41, 5.74) is -1.01. The second kappa shape index (κ2) is 10.6. The predicted molar refractivity (Wildman–Crippen MR) is 130 cm³/mol. The highest BCUT2D eigenvalue weighted by Gasteiger charge is 2.41. The minimum atomic E-state index is -4.93. The van der Waals surface area contributed by atoms with Crippen LogP contribution < -0.4 is 9.47 Å². The molecule has 0 saturated carbocycles. The molecule has 206 valence electrons. The van der Waals surface area contributed by atoms with E-state index >= 15 is 0 Å². The fourth-order valence-corrected chi connectivity index (χ4v) is 4.21. The Morgan fingerprint density at radius 1 is 0.921 bits per heavy atom. The van der Waals surface area contributed by atoms with Crippen molar-refractivity contribution >= 4 is 6.09 Å². The first-order chi connectivity index (χ1) is 17.5. The molecule has 0 aliphatic carbocycles. The van der Waals surface area contributed by atoms with Gasteiger partial charge < -0.3 is 18.9 Å². The number of aromatic nitrogens is 1. The molecule has 0 spiro atoms. The molecule has 3 rings (SSSR count). The first-order valence-electron chi connectivity index (χ1n) is 11.6. The van der Waals surface area contributed by atoms with Crippen LogP contribution in [0.15, 0.2) is 54.6 Å². The van der Waals surface area contributed by atoms with E-state index in [4.69, 9.17) is 4.74 Å². The summed E-state index contributed by atoms with van der Waals surface area (Å²) in [6, 6.07) is 12.7. The minimum absolute atomic E-state index is 0.0654. The van der Waals surface area contributed by atoms with E-state index in [1.54, 1.807) is 30.3 Å². The van der Waals surface area contributed by atoms with Crippen molar-refractivity contribution in [2.45, 2.75) is 46.8 Å². The SMILES string of the molecule is Cc1c(-c2ccc(OC(F)(F)F)cc2)c(OC(=O)N(C)CC(C)(C)C)n(Cc2ccccc2)c1C(F)(F)F. The van der Waals surface area contributed by atoms with E-state index in [0.29, 0.717) is 5.56 Å². The molecule has 0 aliphatic rings. The highest BCUT2D eigenvalue weighted by molar-refractivity contribution is 5.80. The largest absolute Gasteiger partial charge is 0.573 e. The van der Waals surface area contributed by atoms with Gasteiger partial charge in [-0.15, -0.1) is 13.2 Å². The fourth-order valence-electron chi connectivity index (χ4n) is 4.21. The molecule has 0 bridgehead atoms. The highest BCUT2D eigenvalue weighted by Crippen LogP contribution is 2.45. The van der Waals surface area contributed by atoms with E-state index in [9.17, 15) is 31.1 Å².